The summed E-state index contributed by atoms with van der Waals surface area (Å²) in [5, 5.41) is 22.6. The Bertz CT molecular complexity index is 177. The number of hydrogen-bond acceptors (Lipinski definition) is 3. The molecule has 0 aliphatic heterocycles. The average molecular weight is 215 g/mol. The molecule has 0 saturated heterocycles. The van der Waals surface area contributed by atoms with E-state index in [1.54, 1.807) is 0 Å². The van der Waals surface area contributed by atoms with Gasteiger partial charge < -0.3 is 15.5 Å². The fraction of sp³-hybridized carbons (Fsp3) is 1.00. The minimum Gasteiger partial charge on any atom is -0.393 e. The van der Waals surface area contributed by atoms with Crippen molar-refractivity contribution in [1.82, 2.24) is 5.32 Å². The van der Waals surface area contributed by atoms with Gasteiger partial charge in [-0.1, -0.05) is 12.8 Å². The summed E-state index contributed by atoms with van der Waals surface area (Å²) in [4.78, 5) is 0. The molecule has 0 bridgehead atoms. The second-order valence-corrected chi connectivity index (χ2v) is 5.38. The summed E-state index contributed by atoms with van der Waals surface area (Å²) in [6.07, 6.45) is 5.15. The minimum absolute atomic E-state index is 0.117. The summed E-state index contributed by atoms with van der Waals surface area (Å²) >= 11 is 0. The maximum Gasteiger partial charge on any atom is 0.0603 e. The maximum absolute atomic E-state index is 9.74. The minimum atomic E-state index is -0.585. The predicted molar refractivity (Wildman–Crippen MR) is 61.7 cm³/mol. The van der Waals surface area contributed by atoms with E-state index in [2.05, 4.69) is 5.32 Å². The first-order chi connectivity index (χ1) is 6.99. The molecule has 0 spiro atoms. The third-order valence-electron chi connectivity index (χ3n) is 3.19. The van der Waals surface area contributed by atoms with Crippen molar-refractivity contribution in [2.75, 3.05) is 13.1 Å². The van der Waals surface area contributed by atoms with Gasteiger partial charge in [-0.25, -0.2) is 0 Å². The zero-order valence-electron chi connectivity index (χ0n) is 10.00. The summed E-state index contributed by atoms with van der Waals surface area (Å²) in [6, 6.07) is 0. The van der Waals surface area contributed by atoms with E-state index < -0.39 is 5.60 Å². The van der Waals surface area contributed by atoms with E-state index in [9.17, 15) is 10.2 Å². The molecule has 0 aromatic heterocycles. The molecule has 0 aromatic carbocycles. The van der Waals surface area contributed by atoms with Crippen molar-refractivity contribution >= 4 is 0 Å². The lowest BCUT2D eigenvalue weighted by atomic mass is 9.86. The Morgan fingerprint density at radius 3 is 2.53 bits per heavy atom. The highest BCUT2D eigenvalue weighted by molar-refractivity contribution is 4.76. The van der Waals surface area contributed by atoms with Crippen LogP contribution in [0, 0.1) is 5.92 Å². The molecule has 1 aliphatic rings. The van der Waals surface area contributed by atoms with Gasteiger partial charge in [-0.2, -0.15) is 0 Å². The van der Waals surface area contributed by atoms with Gasteiger partial charge in [0.25, 0.3) is 0 Å². The fourth-order valence-electron chi connectivity index (χ4n) is 2.11. The molecule has 0 aromatic rings. The zero-order chi connectivity index (χ0) is 11.3. The molecule has 3 heteroatoms. The highest BCUT2D eigenvalue weighted by Crippen LogP contribution is 2.23. The van der Waals surface area contributed by atoms with Crippen LogP contribution in [0.5, 0.6) is 0 Å². The highest BCUT2D eigenvalue weighted by atomic mass is 16.3. The third-order valence-corrected chi connectivity index (χ3v) is 3.19. The molecule has 0 heterocycles. The fourth-order valence-corrected chi connectivity index (χ4v) is 2.11. The lowest BCUT2D eigenvalue weighted by molar-refractivity contribution is 0.0608. The Hall–Kier alpha value is -0.120. The van der Waals surface area contributed by atoms with Crippen molar-refractivity contribution in [3.05, 3.63) is 0 Å². The second kappa shape index (κ2) is 5.83. The van der Waals surface area contributed by atoms with E-state index in [0.29, 0.717) is 5.92 Å². The monoisotopic (exact) mass is 215 g/mol. The Morgan fingerprint density at radius 2 is 1.93 bits per heavy atom. The summed E-state index contributed by atoms with van der Waals surface area (Å²) in [6.45, 7) is 5.36. The van der Waals surface area contributed by atoms with Gasteiger partial charge in [-0.15, -0.1) is 0 Å². The highest BCUT2D eigenvalue weighted by Gasteiger charge is 2.22. The van der Waals surface area contributed by atoms with Crippen LogP contribution in [0.1, 0.15) is 46.0 Å². The van der Waals surface area contributed by atoms with Crippen LogP contribution < -0.4 is 5.32 Å². The third kappa shape index (κ3) is 5.50. The van der Waals surface area contributed by atoms with Crippen LogP contribution in [0.4, 0.5) is 0 Å². The van der Waals surface area contributed by atoms with Gasteiger partial charge in [0, 0.05) is 6.54 Å². The van der Waals surface area contributed by atoms with Crippen LogP contribution in [-0.4, -0.2) is 35.0 Å². The number of nitrogens with one attached hydrogen (secondary N) is 1. The first-order valence-corrected chi connectivity index (χ1v) is 6.10. The van der Waals surface area contributed by atoms with Gasteiger partial charge in [0.15, 0.2) is 0 Å². The molecule has 1 aliphatic carbocycles. The quantitative estimate of drug-likeness (QED) is 0.606. The van der Waals surface area contributed by atoms with E-state index in [-0.39, 0.29) is 6.10 Å². The van der Waals surface area contributed by atoms with Gasteiger partial charge >= 0.3 is 0 Å². The first-order valence-electron chi connectivity index (χ1n) is 6.10. The Kier molecular flexibility index (Phi) is 5.03. The smallest absolute Gasteiger partial charge is 0.0603 e. The largest absolute Gasteiger partial charge is 0.393 e. The lowest BCUT2D eigenvalue weighted by Crippen LogP contribution is -2.36. The molecule has 90 valence electrons. The summed E-state index contributed by atoms with van der Waals surface area (Å²) < 4.78 is 0. The molecule has 3 nitrogen and oxygen atoms in total. The molecular formula is C12H25NO2. The average Bonchev–Trinajstić information content (AvgIpc) is 2.13. The van der Waals surface area contributed by atoms with Crippen molar-refractivity contribution in [1.29, 1.82) is 0 Å². The van der Waals surface area contributed by atoms with E-state index in [1.165, 1.54) is 12.8 Å². The lowest BCUT2D eigenvalue weighted by Gasteiger charge is -2.28. The molecular weight excluding hydrogens is 190 g/mol. The SMILES string of the molecule is CC(C)(O)CCNCC1CCCCC1O. The molecule has 1 fully saturated rings. The van der Waals surface area contributed by atoms with Crippen LogP contribution in [0.2, 0.25) is 0 Å². The van der Waals surface area contributed by atoms with Gasteiger partial charge in [0.1, 0.15) is 0 Å². The Morgan fingerprint density at radius 1 is 1.27 bits per heavy atom. The van der Waals surface area contributed by atoms with Crippen LogP contribution in [0.3, 0.4) is 0 Å². The van der Waals surface area contributed by atoms with Crippen molar-refractivity contribution < 1.29 is 10.2 Å². The van der Waals surface area contributed by atoms with Crippen LogP contribution in [-0.2, 0) is 0 Å². The zero-order valence-corrected chi connectivity index (χ0v) is 10.00. The normalized spacial score (nSPS) is 28.0. The Labute approximate surface area is 92.9 Å². The summed E-state index contributed by atoms with van der Waals surface area (Å²) in [7, 11) is 0. The van der Waals surface area contributed by atoms with Gasteiger partial charge in [-0.05, 0) is 45.6 Å². The molecule has 0 amide bonds. The van der Waals surface area contributed by atoms with Crippen molar-refractivity contribution in [3.63, 3.8) is 0 Å². The standard InChI is InChI=1S/C12H25NO2/c1-12(2,15)7-8-13-9-10-5-3-4-6-11(10)14/h10-11,13-15H,3-9H2,1-2H3. The number of aliphatic hydroxyl groups excluding tert-OH is 1. The molecule has 2 atom stereocenters. The van der Waals surface area contributed by atoms with E-state index in [4.69, 9.17) is 0 Å². The van der Waals surface area contributed by atoms with Crippen molar-refractivity contribution in [2.24, 2.45) is 5.92 Å². The van der Waals surface area contributed by atoms with Crippen LogP contribution in [0.15, 0.2) is 0 Å². The molecule has 3 N–H and O–H groups in total. The number of aliphatic hydroxyl groups is 2. The van der Waals surface area contributed by atoms with E-state index in [1.807, 2.05) is 13.8 Å². The summed E-state index contributed by atoms with van der Waals surface area (Å²) in [5.74, 6) is 0.417. The molecule has 15 heavy (non-hydrogen) atoms. The first kappa shape index (κ1) is 12.9. The van der Waals surface area contributed by atoms with Crippen molar-refractivity contribution in [2.45, 2.75) is 57.7 Å². The number of hydrogen-bond donors (Lipinski definition) is 3. The Balaban J connectivity index is 2.08. The second-order valence-electron chi connectivity index (χ2n) is 5.38. The summed E-state index contributed by atoms with van der Waals surface area (Å²) in [5.41, 5.74) is -0.585. The molecule has 0 radical (unpaired) electrons. The molecule has 1 saturated carbocycles. The topological polar surface area (TPSA) is 52.5 Å². The van der Waals surface area contributed by atoms with Gasteiger partial charge in [0.05, 0.1) is 11.7 Å². The van der Waals surface area contributed by atoms with E-state index in [0.717, 1.165) is 32.4 Å². The van der Waals surface area contributed by atoms with Gasteiger partial charge in [-0.3, -0.25) is 0 Å². The van der Waals surface area contributed by atoms with Crippen molar-refractivity contribution in [3.8, 4) is 0 Å². The predicted octanol–water partition coefficient (Wildman–Crippen LogP) is 1.29. The van der Waals surface area contributed by atoms with Crippen LogP contribution >= 0.6 is 0 Å². The molecule has 2 unspecified atom stereocenters. The maximum atomic E-state index is 9.74. The molecule has 1 rings (SSSR count). The van der Waals surface area contributed by atoms with Gasteiger partial charge in [0.2, 0.25) is 0 Å². The van der Waals surface area contributed by atoms with E-state index >= 15 is 0 Å². The number of rotatable bonds is 5. The van der Waals surface area contributed by atoms with Crippen LogP contribution in [0.25, 0.3) is 0 Å².